The first kappa shape index (κ1) is 30.5. The molecule has 0 atom stereocenters. The predicted octanol–water partition coefficient (Wildman–Crippen LogP) is 7.88. The topological polar surface area (TPSA) is 103 Å². The molecule has 1 aromatic heterocycles. The number of nitrogens with zero attached hydrogens (tertiary/aromatic N) is 3. The quantitative estimate of drug-likeness (QED) is 0.109. The maximum Gasteiger partial charge on any atom is 0.323 e. The molecule has 0 fully saturated rings. The number of carboxylic acids is 1. The zero-order valence-corrected chi connectivity index (χ0v) is 25.6. The van der Waals surface area contributed by atoms with Gasteiger partial charge in [-0.2, -0.15) is 5.26 Å². The highest BCUT2D eigenvalue weighted by molar-refractivity contribution is 6.19. The summed E-state index contributed by atoms with van der Waals surface area (Å²) in [5.41, 5.74) is 7.66. The number of carbonyl (C=O) groups excluding carboxylic acids is 2. The number of allylic oxidation sites excluding steroid dienone is 4. The molecule has 0 radical (unpaired) electrons. The van der Waals surface area contributed by atoms with Crippen LogP contribution in [0.3, 0.4) is 0 Å². The van der Waals surface area contributed by atoms with Gasteiger partial charge in [0.2, 0.25) is 0 Å². The number of imide groups is 1. The van der Waals surface area contributed by atoms with Crippen molar-refractivity contribution in [2.75, 3.05) is 6.54 Å². The molecule has 0 aliphatic carbocycles. The van der Waals surface area contributed by atoms with E-state index in [1.165, 1.54) is 13.0 Å². The lowest BCUT2D eigenvalue weighted by molar-refractivity contribution is -0.149. The Morgan fingerprint density at radius 2 is 1.49 bits per heavy atom. The molecule has 6 rings (SSSR count). The molecule has 0 spiro atoms. The number of amides is 2. The minimum absolute atomic E-state index is 0.0971. The molecule has 5 aromatic rings. The lowest BCUT2D eigenvalue weighted by Gasteiger charge is -2.25. The number of hydrogen-bond acceptors (Lipinski definition) is 4. The molecule has 47 heavy (non-hydrogen) atoms. The molecular weight excluding hydrogens is 586 g/mol. The molecule has 7 heteroatoms. The van der Waals surface area contributed by atoms with E-state index in [0.717, 1.165) is 49.7 Å². The lowest BCUT2D eigenvalue weighted by atomic mass is 9.95. The summed E-state index contributed by atoms with van der Waals surface area (Å²) in [4.78, 5) is 37.0. The third-order valence-electron chi connectivity index (χ3n) is 8.19. The number of fused-ring (bicyclic) bond motifs is 3. The highest BCUT2D eigenvalue weighted by Gasteiger charge is 2.36. The summed E-state index contributed by atoms with van der Waals surface area (Å²) < 4.78 is 2.26. The van der Waals surface area contributed by atoms with E-state index < -0.39 is 24.3 Å². The van der Waals surface area contributed by atoms with Gasteiger partial charge in [-0.1, -0.05) is 97.6 Å². The van der Waals surface area contributed by atoms with Crippen molar-refractivity contribution in [1.29, 1.82) is 5.26 Å². The average molecular weight is 616 g/mol. The Bertz CT molecular complexity index is 2260. The van der Waals surface area contributed by atoms with Crippen LogP contribution < -0.4 is 0 Å². The Morgan fingerprint density at radius 1 is 0.830 bits per heavy atom. The van der Waals surface area contributed by atoms with Crippen LogP contribution in [0.2, 0.25) is 0 Å². The first-order valence-electron chi connectivity index (χ1n) is 14.9. The molecule has 0 unspecified atom stereocenters. The Hall–Kier alpha value is -6.52. The average Bonchev–Trinajstić information content (AvgIpc) is 3.42. The Balaban J connectivity index is 1.28. The van der Waals surface area contributed by atoms with Gasteiger partial charge in [-0.25, -0.2) is 0 Å². The van der Waals surface area contributed by atoms with Gasteiger partial charge in [-0.05, 0) is 71.2 Å². The Morgan fingerprint density at radius 3 is 2.17 bits per heavy atom. The van der Waals surface area contributed by atoms with E-state index in [9.17, 15) is 19.6 Å². The number of hydrogen-bond donors (Lipinski definition) is 1. The van der Waals surface area contributed by atoms with Crippen molar-refractivity contribution in [3.8, 4) is 22.9 Å². The number of para-hydroxylation sites is 1. The molecule has 1 aliphatic rings. The van der Waals surface area contributed by atoms with Gasteiger partial charge in [-0.15, -0.1) is 0 Å². The minimum Gasteiger partial charge on any atom is -0.480 e. The summed E-state index contributed by atoms with van der Waals surface area (Å²) in [6.07, 6.45) is 10.5. The molecule has 0 bridgehead atoms. The van der Waals surface area contributed by atoms with Crippen molar-refractivity contribution in [3.63, 3.8) is 0 Å². The second-order valence-electron chi connectivity index (χ2n) is 11.0. The lowest BCUT2D eigenvalue weighted by Crippen LogP contribution is -2.45. The standard InChI is InChI=1S/C40H29N3O4/c1-3-27-13-16-29(17-14-27)30-18-20-31(21-19-30)43-36-12-8-7-11-33(36)34-23-28(15-22-37(34)43)9-5-4-6-10-32-26(2)35(24-41)40(47)42(39(32)46)25-38(44)45/h3-23H,1,25H2,2H3,(H,44,45)/b6-4+,9-5+,32-10+. The van der Waals surface area contributed by atoms with Crippen molar-refractivity contribution in [3.05, 3.63) is 150 Å². The first-order chi connectivity index (χ1) is 22.8. The third kappa shape index (κ3) is 5.84. The van der Waals surface area contributed by atoms with Crippen LogP contribution in [-0.4, -0.2) is 38.9 Å². The molecule has 0 saturated carbocycles. The number of rotatable bonds is 8. The summed E-state index contributed by atoms with van der Waals surface area (Å²) in [6, 6.07) is 33.3. The number of benzene rings is 4. The van der Waals surface area contributed by atoms with Crippen LogP contribution in [0.5, 0.6) is 0 Å². The van der Waals surface area contributed by atoms with Gasteiger partial charge in [0, 0.05) is 22.0 Å². The fourth-order valence-corrected chi connectivity index (χ4v) is 5.80. The van der Waals surface area contributed by atoms with Crippen LogP contribution in [0, 0.1) is 11.3 Å². The van der Waals surface area contributed by atoms with Gasteiger partial charge in [0.25, 0.3) is 11.8 Å². The van der Waals surface area contributed by atoms with E-state index in [-0.39, 0.29) is 16.7 Å². The predicted molar refractivity (Wildman–Crippen MR) is 185 cm³/mol. The molecule has 0 saturated heterocycles. The first-order valence-corrected chi connectivity index (χ1v) is 14.9. The van der Waals surface area contributed by atoms with Crippen molar-refractivity contribution in [2.24, 2.45) is 0 Å². The highest BCUT2D eigenvalue weighted by atomic mass is 16.4. The zero-order chi connectivity index (χ0) is 33.1. The van der Waals surface area contributed by atoms with Crippen LogP contribution in [0.4, 0.5) is 0 Å². The molecule has 1 N–H and O–H groups in total. The molecular formula is C40H29N3O4. The normalized spacial score (nSPS) is 14.6. The van der Waals surface area contributed by atoms with Crippen molar-refractivity contribution in [2.45, 2.75) is 6.92 Å². The van der Waals surface area contributed by atoms with Crippen molar-refractivity contribution < 1.29 is 19.5 Å². The highest BCUT2D eigenvalue weighted by Crippen LogP contribution is 2.34. The van der Waals surface area contributed by atoms with Gasteiger partial charge >= 0.3 is 5.97 Å². The Labute approximate surface area is 271 Å². The second kappa shape index (κ2) is 12.8. The van der Waals surface area contributed by atoms with Crippen LogP contribution >= 0.6 is 0 Å². The van der Waals surface area contributed by atoms with Crippen LogP contribution in [-0.2, 0) is 14.4 Å². The van der Waals surface area contributed by atoms with Crippen LogP contribution in [0.15, 0.2) is 139 Å². The number of carboxylic acid groups (broad SMARTS) is 1. The molecule has 228 valence electrons. The number of nitriles is 1. The third-order valence-corrected chi connectivity index (χ3v) is 8.19. The zero-order valence-electron chi connectivity index (χ0n) is 25.6. The monoisotopic (exact) mass is 615 g/mol. The summed E-state index contributed by atoms with van der Waals surface area (Å²) in [7, 11) is 0. The summed E-state index contributed by atoms with van der Waals surface area (Å²) in [6.45, 7) is 4.52. The smallest absolute Gasteiger partial charge is 0.323 e. The Kier molecular flexibility index (Phi) is 8.33. The van der Waals surface area contributed by atoms with E-state index in [1.54, 1.807) is 18.2 Å². The van der Waals surface area contributed by atoms with Gasteiger partial charge in [0.05, 0.1) is 11.0 Å². The summed E-state index contributed by atoms with van der Waals surface area (Å²) >= 11 is 0. The second-order valence-corrected chi connectivity index (χ2v) is 11.0. The SMILES string of the molecule is C=Cc1ccc(-c2ccc(-n3c4ccccc4c4cc(/C=C/C=C/C=C5/C(=O)N(CC(=O)O)C(=O)C(C#N)=C5C)ccc43)cc2)cc1. The van der Waals surface area contributed by atoms with E-state index in [0.29, 0.717) is 4.90 Å². The number of aromatic nitrogens is 1. The van der Waals surface area contributed by atoms with E-state index in [2.05, 4.69) is 83.9 Å². The molecule has 2 heterocycles. The minimum atomic E-state index is -1.34. The maximum atomic E-state index is 12.8. The van der Waals surface area contributed by atoms with Gasteiger partial charge in [-0.3, -0.25) is 19.3 Å². The summed E-state index contributed by atoms with van der Waals surface area (Å²) in [5, 5.41) is 20.8. The number of aliphatic carboxylic acids is 1. The maximum absolute atomic E-state index is 12.8. The van der Waals surface area contributed by atoms with E-state index in [4.69, 9.17) is 5.11 Å². The molecule has 2 amide bonds. The van der Waals surface area contributed by atoms with Crippen molar-refractivity contribution >= 4 is 51.7 Å². The fraction of sp³-hybridized carbons (Fsp3) is 0.0500. The van der Waals surface area contributed by atoms with Gasteiger partial charge in [0.15, 0.2) is 0 Å². The number of carbonyl (C=O) groups is 3. The van der Waals surface area contributed by atoms with Gasteiger partial charge in [0.1, 0.15) is 18.2 Å². The molecule has 4 aromatic carbocycles. The van der Waals surface area contributed by atoms with Crippen LogP contribution in [0.1, 0.15) is 18.1 Å². The van der Waals surface area contributed by atoms with Gasteiger partial charge < -0.3 is 9.67 Å². The van der Waals surface area contributed by atoms with Crippen molar-refractivity contribution in [1.82, 2.24) is 9.47 Å². The largest absolute Gasteiger partial charge is 0.480 e. The fourth-order valence-electron chi connectivity index (χ4n) is 5.80. The molecule has 7 nitrogen and oxygen atoms in total. The van der Waals surface area contributed by atoms with Crippen LogP contribution in [0.25, 0.3) is 50.8 Å². The van der Waals surface area contributed by atoms with E-state index in [1.807, 2.05) is 36.4 Å². The van der Waals surface area contributed by atoms with E-state index >= 15 is 0 Å². The molecule has 1 aliphatic heterocycles. The summed E-state index contributed by atoms with van der Waals surface area (Å²) in [5.74, 6) is -2.99.